The van der Waals surface area contributed by atoms with Crippen molar-refractivity contribution in [2.75, 3.05) is 6.79 Å². The van der Waals surface area contributed by atoms with Crippen LogP contribution in [0.15, 0.2) is 18.2 Å². The molecule has 0 saturated heterocycles. The molecule has 3 heteroatoms. The van der Waals surface area contributed by atoms with E-state index in [0.717, 1.165) is 29.9 Å². The Bertz CT molecular complexity index is 444. The minimum atomic E-state index is -0.375. The molecule has 3 unspecified atom stereocenters. The summed E-state index contributed by atoms with van der Waals surface area (Å²) in [5.74, 6) is 2.58. The number of fused-ring (bicyclic) bond motifs is 1. The highest BCUT2D eigenvalue weighted by atomic mass is 16.7. The molecular weight excluding hydrogens is 240 g/mol. The van der Waals surface area contributed by atoms with Crippen LogP contribution < -0.4 is 9.47 Å². The minimum absolute atomic E-state index is 0.288. The monoisotopic (exact) mass is 262 g/mol. The zero-order valence-corrected chi connectivity index (χ0v) is 11.5. The van der Waals surface area contributed by atoms with E-state index in [1.807, 2.05) is 18.2 Å². The zero-order chi connectivity index (χ0) is 13.2. The summed E-state index contributed by atoms with van der Waals surface area (Å²) in [6, 6.07) is 5.82. The molecule has 1 heterocycles. The van der Waals surface area contributed by atoms with Crippen molar-refractivity contribution in [2.24, 2.45) is 11.8 Å². The molecule has 0 amide bonds. The Kier molecular flexibility index (Phi) is 3.65. The number of ether oxygens (including phenoxy) is 2. The van der Waals surface area contributed by atoms with Gasteiger partial charge in [0, 0.05) is 0 Å². The molecule has 0 aromatic heterocycles. The van der Waals surface area contributed by atoms with Crippen LogP contribution in [0.4, 0.5) is 0 Å². The smallest absolute Gasteiger partial charge is 0.231 e. The zero-order valence-electron chi connectivity index (χ0n) is 11.5. The number of rotatable bonds is 3. The lowest BCUT2D eigenvalue weighted by Crippen LogP contribution is -2.25. The highest BCUT2D eigenvalue weighted by Gasteiger charge is 2.31. The fourth-order valence-corrected chi connectivity index (χ4v) is 3.50. The van der Waals surface area contributed by atoms with Crippen molar-refractivity contribution >= 4 is 0 Å². The second-order valence-electron chi connectivity index (χ2n) is 5.67. The van der Waals surface area contributed by atoms with E-state index in [-0.39, 0.29) is 12.9 Å². The standard InChI is InChI=1S/C16H22O3/c1-2-11-5-3-4-6-13(11)16(17)12-7-8-14-15(9-12)19-10-18-14/h7-9,11,13,16-17H,2-6,10H2,1H3. The predicted octanol–water partition coefficient (Wildman–Crippen LogP) is 3.67. The van der Waals surface area contributed by atoms with Crippen LogP contribution in [0.25, 0.3) is 0 Å². The van der Waals surface area contributed by atoms with E-state index < -0.39 is 0 Å². The lowest BCUT2D eigenvalue weighted by Gasteiger charge is -2.34. The number of aliphatic hydroxyl groups is 1. The van der Waals surface area contributed by atoms with Gasteiger partial charge in [-0.05, 0) is 36.0 Å². The van der Waals surface area contributed by atoms with E-state index in [4.69, 9.17) is 9.47 Å². The van der Waals surface area contributed by atoms with Gasteiger partial charge in [0.1, 0.15) is 0 Å². The van der Waals surface area contributed by atoms with Crippen LogP contribution in [0, 0.1) is 11.8 Å². The Labute approximate surface area is 114 Å². The molecule has 1 aromatic carbocycles. The van der Waals surface area contributed by atoms with Gasteiger partial charge in [0.05, 0.1) is 6.10 Å². The van der Waals surface area contributed by atoms with E-state index in [1.165, 1.54) is 19.3 Å². The van der Waals surface area contributed by atoms with E-state index in [2.05, 4.69) is 6.92 Å². The van der Waals surface area contributed by atoms with Gasteiger partial charge >= 0.3 is 0 Å². The maximum Gasteiger partial charge on any atom is 0.231 e. The lowest BCUT2D eigenvalue weighted by molar-refractivity contribution is 0.0450. The van der Waals surface area contributed by atoms with Crippen LogP contribution in [0.3, 0.4) is 0 Å². The van der Waals surface area contributed by atoms with Crippen molar-refractivity contribution in [1.82, 2.24) is 0 Å². The molecule has 0 bridgehead atoms. The van der Waals surface area contributed by atoms with E-state index >= 15 is 0 Å². The average Bonchev–Trinajstić information content (AvgIpc) is 2.93. The third-order valence-electron chi connectivity index (χ3n) is 4.64. The lowest BCUT2D eigenvalue weighted by atomic mass is 9.73. The Balaban J connectivity index is 1.80. The summed E-state index contributed by atoms with van der Waals surface area (Å²) >= 11 is 0. The normalized spacial score (nSPS) is 27.3. The average molecular weight is 262 g/mol. The fourth-order valence-electron chi connectivity index (χ4n) is 3.50. The van der Waals surface area contributed by atoms with Crippen molar-refractivity contribution in [1.29, 1.82) is 0 Å². The van der Waals surface area contributed by atoms with Gasteiger partial charge < -0.3 is 14.6 Å². The van der Waals surface area contributed by atoms with Crippen LogP contribution >= 0.6 is 0 Å². The fraction of sp³-hybridized carbons (Fsp3) is 0.625. The first-order valence-corrected chi connectivity index (χ1v) is 7.37. The molecule has 104 valence electrons. The molecular formula is C16H22O3. The number of hydrogen-bond donors (Lipinski definition) is 1. The maximum atomic E-state index is 10.7. The van der Waals surface area contributed by atoms with Crippen LogP contribution in [0.1, 0.15) is 50.7 Å². The third kappa shape index (κ3) is 2.44. The summed E-state index contributed by atoms with van der Waals surface area (Å²) in [5.41, 5.74) is 0.967. The molecule has 0 radical (unpaired) electrons. The molecule has 1 aromatic rings. The number of benzene rings is 1. The first kappa shape index (κ1) is 12.8. The Morgan fingerprint density at radius 2 is 2.00 bits per heavy atom. The Morgan fingerprint density at radius 3 is 2.84 bits per heavy atom. The van der Waals surface area contributed by atoms with Crippen molar-refractivity contribution in [3.05, 3.63) is 23.8 Å². The summed E-state index contributed by atoms with van der Waals surface area (Å²) in [7, 11) is 0. The SMILES string of the molecule is CCC1CCCCC1C(O)c1ccc2c(c1)OCO2. The van der Waals surface area contributed by atoms with Crippen LogP contribution in [0.5, 0.6) is 11.5 Å². The molecule has 1 aliphatic carbocycles. The summed E-state index contributed by atoms with van der Waals surface area (Å²) < 4.78 is 10.7. The molecule has 3 nitrogen and oxygen atoms in total. The summed E-state index contributed by atoms with van der Waals surface area (Å²) in [6.07, 6.45) is 5.72. The van der Waals surface area contributed by atoms with Crippen molar-refractivity contribution in [3.8, 4) is 11.5 Å². The molecule has 0 spiro atoms. The van der Waals surface area contributed by atoms with Gasteiger partial charge in [-0.1, -0.05) is 38.7 Å². The van der Waals surface area contributed by atoms with Gasteiger partial charge in [-0.25, -0.2) is 0 Å². The molecule has 2 aliphatic rings. The van der Waals surface area contributed by atoms with Crippen molar-refractivity contribution in [3.63, 3.8) is 0 Å². The van der Waals surface area contributed by atoms with Gasteiger partial charge in [0.15, 0.2) is 11.5 Å². The summed E-state index contributed by atoms with van der Waals surface area (Å²) in [6.45, 7) is 2.52. The van der Waals surface area contributed by atoms with Gasteiger partial charge in [-0.2, -0.15) is 0 Å². The Hall–Kier alpha value is -1.22. The molecule has 1 fully saturated rings. The van der Waals surface area contributed by atoms with Crippen molar-refractivity contribution in [2.45, 2.75) is 45.1 Å². The van der Waals surface area contributed by atoms with Crippen LogP contribution in [-0.2, 0) is 0 Å². The van der Waals surface area contributed by atoms with Crippen molar-refractivity contribution < 1.29 is 14.6 Å². The quantitative estimate of drug-likeness (QED) is 0.903. The Morgan fingerprint density at radius 1 is 1.21 bits per heavy atom. The summed E-state index contributed by atoms with van der Waals surface area (Å²) in [4.78, 5) is 0. The topological polar surface area (TPSA) is 38.7 Å². The minimum Gasteiger partial charge on any atom is -0.454 e. The molecule has 1 N–H and O–H groups in total. The van der Waals surface area contributed by atoms with E-state index in [9.17, 15) is 5.11 Å². The van der Waals surface area contributed by atoms with Crippen LogP contribution in [-0.4, -0.2) is 11.9 Å². The van der Waals surface area contributed by atoms with Gasteiger partial charge in [0.25, 0.3) is 0 Å². The molecule has 19 heavy (non-hydrogen) atoms. The van der Waals surface area contributed by atoms with Crippen LogP contribution in [0.2, 0.25) is 0 Å². The van der Waals surface area contributed by atoms with Gasteiger partial charge in [0.2, 0.25) is 6.79 Å². The first-order valence-electron chi connectivity index (χ1n) is 7.37. The molecule has 3 atom stereocenters. The second kappa shape index (κ2) is 5.41. The van der Waals surface area contributed by atoms with E-state index in [1.54, 1.807) is 0 Å². The molecule has 1 saturated carbocycles. The summed E-state index contributed by atoms with van der Waals surface area (Å²) in [5, 5.41) is 10.7. The molecule has 3 rings (SSSR count). The number of aliphatic hydroxyl groups excluding tert-OH is 1. The van der Waals surface area contributed by atoms with Gasteiger partial charge in [-0.3, -0.25) is 0 Å². The largest absolute Gasteiger partial charge is 0.454 e. The highest BCUT2D eigenvalue weighted by molar-refractivity contribution is 5.45. The van der Waals surface area contributed by atoms with E-state index in [0.29, 0.717) is 11.8 Å². The highest BCUT2D eigenvalue weighted by Crippen LogP contribution is 2.42. The second-order valence-corrected chi connectivity index (χ2v) is 5.67. The molecule has 1 aliphatic heterocycles. The first-order chi connectivity index (χ1) is 9.29. The number of hydrogen-bond acceptors (Lipinski definition) is 3. The predicted molar refractivity (Wildman–Crippen MR) is 73.3 cm³/mol. The third-order valence-corrected chi connectivity index (χ3v) is 4.64. The maximum absolute atomic E-state index is 10.7. The van der Waals surface area contributed by atoms with Gasteiger partial charge in [-0.15, -0.1) is 0 Å².